The molecule has 1 saturated heterocycles. The van der Waals surface area contributed by atoms with Gasteiger partial charge in [-0.1, -0.05) is 42.5 Å². The summed E-state index contributed by atoms with van der Waals surface area (Å²) in [5.74, 6) is -0.130. The van der Waals surface area contributed by atoms with Crippen molar-refractivity contribution in [3.8, 4) is 5.75 Å². The Kier molecular flexibility index (Phi) is 5.06. The van der Waals surface area contributed by atoms with Crippen LogP contribution < -0.4 is 0 Å². The smallest absolute Gasteiger partial charge is 0.257 e. The molecule has 0 bridgehead atoms. The topological polar surface area (TPSA) is 64.0 Å². The number of hydrogen-bond donors (Lipinski definition) is 2. The molecule has 1 atom stereocenters. The number of piperazine rings is 1. The van der Waals surface area contributed by atoms with Gasteiger partial charge in [0.05, 0.1) is 11.2 Å². The standard InChI is InChI=1S/C20H24N2O3/c1-20(25,16-7-3-2-4-8-16)15-21-11-13-22(14-12-21)19(24)17-9-5-6-10-18(17)23/h2-10,23,25H,11-15H2,1H3. The minimum Gasteiger partial charge on any atom is -0.507 e. The molecule has 25 heavy (non-hydrogen) atoms. The SMILES string of the molecule is CC(O)(CN1CCN(C(=O)c2ccccc2O)CC1)c1ccccc1. The van der Waals surface area contributed by atoms with Crippen LogP contribution in [0.2, 0.25) is 0 Å². The third kappa shape index (κ3) is 4.00. The highest BCUT2D eigenvalue weighted by Crippen LogP contribution is 2.23. The van der Waals surface area contributed by atoms with Crippen LogP contribution in [0.15, 0.2) is 54.6 Å². The van der Waals surface area contributed by atoms with Gasteiger partial charge in [0.15, 0.2) is 0 Å². The van der Waals surface area contributed by atoms with Crippen molar-refractivity contribution in [1.82, 2.24) is 9.80 Å². The molecule has 3 rings (SSSR count). The Labute approximate surface area is 148 Å². The third-order valence-corrected chi connectivity index (χ3v) is 4.72. The number of β-amino-alcohol motifs (C(OH)–C–C–N with tert-alkyl or cyclic N) is 1. The predicted molar refractivity (Wildman–Crippen MR) is 96.5 cm³/mol. The van der Waals surface area contributed by atoms with E-state index in [4.69, 9.17) is 0 Å². The number of carbonyl (C=O) groups excluding carboxylic acids is 1. The van der Waals surface area contributed by atoms with Crippen molar-refractivity contribution in [1.29, 1.82) is 0 Å². The van der Waals surface area contributed by atoms with Crippen LogP contribution in [-0.4, -0.2) is 58.6 Å². The predicted octanol–water partition coefficient (Wildman–Crippen LogP) is 2.06. The van der Waals surface area contributed by atoms with Crippen LogP contribution in [0.3, 0.4) is 0 Å². The summed E-state index contributed by atoms with van der Waals surface area (Å²) < 4.78 is 0. The second-order valence-corrected chi connectivity index (χ2v) is 6.73. The zero-order valence-corrected chi connectivity index (χ0v) is 14.4. The second kappa shape index (κ2) is 7.25. The molecule has 1 aliphatic rings. The number of aliphatic hydroxyl groups is 1. The van der Waals surface area contributed by atoms with Crippen molar-refractivity contribution in [3.05, 3.63) is 65.7 Å². The molecule has 132 valence electrons. The van der Waals surface area contributed by atoms with Gasteiger partial charge in [-0.2, -0.15) is 0 Å². The summed E-state index contributed by atoms with van der Waals surface area (Å²) in [6, 6.07) is 16.3. The molecule has 1 heterocycles. The van der Waals surface area contributed by atoms with Gasteiger partial charge >= 0.3 is 0 Å². The zero-order chi connectivity index (χ0) is 17.9. The van der Waals surface area contributed by atoms with E-state index in [1.54, 1.807) is 23.1 Å². The molecule has 0 spiro atoms. The number of phenolic OH excluding ortho intramolecular Hbond substituents is 1. The Balaban J connectivity index is 1.59. The minimum atomic E-state index is -0.925. The number of para-hydroxylation sites is 1. The highest BCUT2D eigenvalue weighted by molar-refractivity contribution is 5.96. The van der Waals surface area contributed by atoms with Gasteiger partial charge in [-0.05, 0) is 24.6 Å². The van der Waals surface area contributed by atoms with Gasteiger partial charge in [-0.15, -0.1) is 0 Å². The molecule has 0 aliphatic carbocycles. The van der Waals surface area contributed by atoms with Crippen molar-refractivity contribution in [2.75, 3.05) is 32.7 Å². The van der Waals surface area contributed by atoms with Gasteiger partial charge in [0.1, 0.15) is 5.75 Å². The molecular formula is C20H24N2O3. The molecule has 2 N–H and O–H groups in total. The maximum atomic E-state index is 12.5. The number of benzene rings is 2. The number of aromatic hydroxyl groups is 1. The first kappa shape index (κ1) is 17.5. The second-order valence-electron chi connectivity index (χ2n) is 6.73. The first-order valence-corrected chi connectivity index (χ1v) is 8.55. The van der Waals surface area contributed by atoms with E-state index in [0.717, 1.165) is 5.56 Å². The fourth-order valence-corrected chi connectivity index (χ4v) is 3.26. The first-order valence-electron chi connectivity index (χ1n) is 8.55. The van der Waals surface area contributed by atoms with Gasteiger partial charge in [-0.25, -0.2) is 0 Å². The van der Waals surface area contributed by atoms with E-state index in [1.807, 2.05) is 37.3 Å². The average molecular weight is 340 g/mol. The molecule has 1 aliphatic heterocycles. The fraction of sp³-hybridized carbons (Fsp3) is 0.350. The highest BCUT2D eigenvalue weighted by Gasteiger charge is 2.29. The van der Waals surface area contributed by atoms with Crippen LogP contribution in [0, 0.1) is 0 Å². The van der Waals surface area contributed by atoms with Crippen molar-refractivity contribution in [2.24, 2.45) is 0 Å². The molecule has 2 aromatic carbocycles. The van der Waals surface area contributed by atoms with Crippen LogP contribution in [0.1, 0.15) is 22.8 Å². The molecule has 0 aromatic heterocycles. The van der Waals surface area contributed by atoms with Gasteiger partial charge < -0.3 is 15.1 Å². The Hall–Kier alpha value is -2.37. The average Bonchev–Trinajstić information content (AvgIpc) is 2.63. The van der Waals surface area contributed by atoms with Crippen LogP contribution in [-0.2, 0) is 5.60 Å². The van der Waals surface area contributed by atoms with E-state index in [-0.39, 0.29) is 11.7 Å². The summed E-state index contributed by atoms with van der Waals surface area (Å²) in [5.41, 5.74) is 0.306. The van der Waals surface area contributed by atoms with Crippen molar-refractivity contribution < 1.29 is 15.0 Å². The quantitative estimate of drug-likeness (QED) is 0.894. The van der Waals surface area contributed by atoms with Crippen LogP contribution in [0.5, 0.6) is 5.75 Å². The van der Waals surface area contributed by atoms with Crippen LogP contribution in [0.25, 0.3) is 0 Å². The lowest BCUT2D eigenvalue weighted by Crippen LogP contribution is -2.51. The Morgan fingerprint density at radius 3 is 2.24 bits per heavy atom. The number of amides is 1. The molecule has 0 radical (unpaired) electrons. The van der Waals surface area contributed by atoms with Crippen molar-refractivity contribution in [2.45, 2.75) is 12.5 Å². The maximum Gasteiger partial charge on any atom is 0.257 e. The molecule has 2 aromatic rings. The van der Waals surface area contributed by atoms with Gasteiger partial charge in [0.25, 0.3) is 5.91 Å². The van der Waals surface area contributed by atoms with Crippen molar-refractivity contribution in [3.63, 3.8) is 0 Å². The summed E-state index contributed by atoms with van der Waals surface area (Å²) in [7, 11) is 0. The van der Waals surface area contributed by atoms with E-state index >= 15 is 0 Å². The summed E-state index contributed by atoms with van der Waals surface area (Å²) in [5, 5.41) is 20.6. The van der Waals surface area contributed by atoms with Gasteiger partial charge in [0.2, 0.25) is 0 Å². The molecule has 5 heteroatoms. The summed E-state index contributed by atoms with van der Waals surface area (Å²) in [4.78, 5) is 16.5. The normalized spacial score (nSPS) is 17.9. The Morgan fingerprint density at radius 1 is 1.00 bits per heavy atom. The third-order valence-electron chi connectivity index (χ3n) is 4.72. The molecule has 5 nitrogen and oxygen atoms in total. The molecular weight excluding hydrogens is 316 g/mol. The fourth-order valence-electron chi connectivity index (χ4n) is 3.26. The van der Waals surface area contributed by atoms with E-state index in [0.29, 0.717) is 38.3 Å². The van der Waals surface area contributed by atoms with Crippen LogP contribution >= 0.6 is 0 Å². The van der Waals surface area contributed by atoms with Crippen molar-refractivity contribution >= 4 is 5.91 Å². The van der Waals surface area contributed by atoms with E-state index in [2.05, 4.69) is 4.90 Å². The summed E-state index contributed by atoms with van der Waals surface area (Å²) in [6.07, 6.45) is 0. The van der Waals surface area contributed by atoms with E-state index < -0.39 is 5.60 Å². The maximum absolute atomic E-state index is 12.5. The number of nitrogens with zero attached hydrogens (tertiary/aromatic N) is 2. The molecule has 0 saturated carbocycles. The minimum absolute atomic E-state index is 0.0157. The number of hydrogen-bond acceptors (Lipinski definition) is 4. The summed E-state index contributed by atoms with van der Waals surface area (Å²) >= 11 is 0. The zero-order valence-electron chi connectivity index (χ0n) is 14.4. The van der Waals surface area contributed by atoms with Crippen LogP contribution in [0.4, 0.5) is 0 Å². The lowest BCUT2D eigenvalue weighted by atomic mass is 9.95. The van der Waals surface area contributed by atoms with Gasteiger partial charge in [0, 0.05) is 32.7 Å². The first-order chi connectivity index (χ1) is 12.0. The lowest BCUT2D eigenvalue weighted by Gasteiger charge is -2.38. The Bertz CT molecular complexity index is 723. The molecule has 1 unspecified atom stereocenters. The monoisotopic (exact) mass is 340 g/mol. The number of carbonyl (C=O) groups is 1. The van der Waals surface area contributed by atoms with E-state index in [9.17, 15) is 15.0 Å². The number of phenols is 1. The highest BCUT2D eigenvalue weighted by atomic mass is 16.3. The summed E-state index contributed by atoms with van der Waals surface area (Å²) in [6.45, 7) is 4.90. The van der Waals surface area contributed by atoms with E-state index in [1.165, 1.54) is 6.07 Å². The lowest BCUT2D eigenvalue weighted by molar-refractivity contribution is 0.00169. The molecule has 1 amide bonds. The number of rotatable bonds is 4. The Morgan fingerprint density at radius 2 is 1.60 bits per heavy atom. The molecule has 1 fully saturated rings. The van der Waals surface area contributed by atoms with Gasteiger partial charge in [-0.3, -0.25) is 9.69 Å². The largest absolute Gasteiger partial charge is 0.507 e.